The van der Waals surface area contributed by atoms with Gasteiger partial charge >= 0.3 is 13.1 Å². The largest absolute Gasteiger partial charge is 0.535 e. The lowest BCUT2D eigenvalue weighted by molar-refractivity contribution is -0.120. The number of Topliss-reactive ketones (excluding diaryl/α,β-unsaturated/α-hetero) is 2. The van der Waals surface area contributed by atoms with E-state index in [0.717, 1.165) is 18.4 Å². The zero-order valence-electron chi connectivity index (χ0n) is 16.6. The first-order valence-electron chi connectivity index (χ1n) is 10.1. The van der Waals surface area contributed by atoms with E-state index in [1.54, 1.807) is 12.1 Å². The van der Waals surface area contributed by atoms with Crippen molar-refractivity contribution < 1.29 is 24.1 Å². The molecule has 3 rings (SSSR count). The molecule has 1 saturated carbocycles. The summed E-state index contributed by atoms with van der Waals surface area (Å²) in [4.78, 5) is 35.8. The standard InChI is InChI=1S/C20H28BN3O5/c1-12(25)18-4-2-3-14-10-15(21(28)29-19(14)18)11-17(26)9-13-7-16(8-13)24-20(27)23-6-5-22/h2-4,13,15-16,28H,5-11,22H2,1H3,(H2,23,24,27)/t13?,15-,16?/m1/s1. The van der Waals surface area contributed by atoms with Gasteiger partial charge in [0.1, 0.15) is 11.5 Å². The van der Waals surface area contributed by atoms with Crippen molar-refractivity contribution in [3.63, 3.8) is 0 Å². The molecule has 1 aliphatic carbocycles. The van der Waals surface area contributed by atoms with Crippen molar-refractivity contribution in [2.45, 2.75) is 50.9 Å². The number of urea groups is 1. The molecule has 0 saturated heterocycles. The van der Waals surface area contributed by atoms with Crippen LogP contribution in [0.3, 0.4) is 0 Å². The first-order chi connectivity index (χ1) is 13.9. The van der Waals surface area contributed by atoms with Gasteiger partial charge in [-0.3, -0.25) is 9.59 Å². The minimum absolute atomic E-state index is 0.0832. The maximum atomic E-state index is 12.5. The van der Waals surface area contributed by atoms with E-state index >= 15 is 0 Å². The second kappa shape index (κ2) is 9.41. The first-order valence-corrected chi connectivity index (χ1v) is 10.1. The summed E-state index contributed by atoms with van der Waals surface area (Å²) in [5, 5.41) is 15.9. The van der Waals surface area contributed by atoms with E-state index in [-0.39, 0.29) is 41.8 Å². The lowest BCUT2D eigenvalue weighted by Crippen LogP contribution is -2.49. The van der Waals surface area contributed by atoms with E-state index < -0.39 is 7.12 Å². The summed E-state index contributed by atoms with van der Waals surface area (Å²) in [6.07, 6.45) is 2.72. The average molecular weight is 401 g/mol. The van der Waals surface area contributed by atoms with Crippen LogP contribution in [0.15, 0.2) is 18.2 Å². The number of fused-ring (bicyclic) bond motifs is 1. The fourth-order valence-corrected chi connectivity index (χ4v) is 4.08. The van der Waals surface area contributed by atoms with Crippen LogP contribution in [-0.2, 0) is 11.2 Å². The average Bonchev–Trinajstić information content (AvgIpc) is 2.64. The molecule has 2 aliphatic rings. The third-order valence-corrected chi connectivity index (χ3v) is 5.61. The van der Waals surface area contributed by atoms with Gasteiger partial charge < -0.3 is 26.0 Å². The zero-order chi connectivity index (χ0) is 21.0. The van der Waals surface area contributed by atoms with E-state index in [9.17, 15) is 19.4 Å². The van der Waals surface area contributed by atoms with Crippen LogP contribution in [0.2, 0.25) is 5.82 Å². The molecular formula is C20H28BN3O5. The van der Waals surface area contributed by atoms with Gasteiger partial charge in [-0.1, -0.05) is 12.1 Å². The molecule has 0 radical (unpaired) electrons. The Morgan fingerprint density at radius 1 is 1.28 bits per heavy atom. The fraction of sp³-hybridized carbons (Fsp3) is 0.550. The molecule has 0 spiro atoms. The Balaban J connectivity index is 1.46. The van der Waals surface area contributed by atoms with E-state index in [4.69, 9.17) is 10.4 Å². The van der Waals surface area contributed by atoms with Crippen molar-refractivity contribution in [2.24, 2.45) is 11.7 Å². The number of carbonyl (C=O) groups excluding carboxylic acids is 3. The molecule has 0 unspecified atom stereocenters. The van der Waals surface area contributed by atoms with E-state index in [1.807, 2.05) is 6.07 Å². The van der Waals surface area contributed by atoms with Gasteiger partial charge in [-0.15, -0.1) is 0 Å². The van der Waals surface area contributed by atoms with E-state index in [2.05, 4.69) is 10.6 Å². The lowest BCUT2D eigenvalue weighted by Gasteiger charge is -2.36. The Morgan fingerprint density at radius 3 is 2.72 bits per heavy atom. The van der Waals surface area contributed by atoms with Crippen LogP contribution in [-0.4, -0.2) is 48.9 Å². The van der Waals surface area contributed by atoms with Crippen LogP contribution in [0.4, 0.5) is 4.79 Å². The summed E-state index contributed by atoms with van der Waals surface area (Å²) in [7, 11) is -1.10. The number of ketones is 2. The number of para-hydroxylation sites is 1. The summed E-state index contributed by atoms with van der Waals surface area (Å²) in [6, 6.07) is 5.20. The molecule has 0 aromatic heterocycles. The predicted octanol–water partition coefficient (Wildman–Crippen LogP) is 1.06. The Hall–Kier alpha value is -2.39. The highest BCUT2D eigenvalue weighted by Crippen LogP contribution is 2.37. The predicted molar refractivity (Wildman–Crippen MR) is 109 cm³/mol. The number of benzene rings is 1. The highest BCUT2D eigenvalue weighted by atomic mass is 16.5. The minimum Gasteiger partial charge on any atom is -0.535 e. The normalized spacial score (nSPS) is 22.7. The van der Waals surface area contributed by atoms with Crippen molar-refractivity contribution in [1.29, 1.82) is 0 Å². The van der Waals surface area contributed by atoms with Crippen molar-refractivity contribution in [1.82, 2.24) is 10.6 Å². The van der Waals surface area contributed by atoms with Gasteiger partial charge in [0.25, 0.3) is 0 Å². The summed E-state index contributed by atoms with van der Waals surface area (Å²) in [5.74, 6) is 0.319. The highest BCUT2D eigenvalue weighted by molar-refractivity contribution is 6.47. The van der Waals surface area contributed by atoms with Crippen LogP contribution in [0.5, 0.6) is 5.75 Å². The number of amides is 2. The van der Waals surface area contributed by atoms with E-state index in [0.29, 0.717) is 37.2 Å². The number of nitrogens with two attached hydrogens (primary N) is 1. The van der Waals surface area contributed by atoms with Gasteiger partial charge in [0.05, 0.1) is 5.56 Å². The van der Waals surface area contributed by atoms with Crippen LogP contribution < -0.4 is 21.0 Å². The van der Waals surface area contributed by atoms with Crippen LogP contribution in [0.25, 0.3) is 0 Å². The first kappa shape index (κ1) is 21.3. The molecule has 1 aromatic carbocycles. The van der Waals surface area contributed by atoms with Crippen LogP contribution in [0.1, 0.15) is 48.5 Å². The topological polar surface area (TPSA) is 131 Å². The monoisotopic (exact) mass is 401 g/mol. The quantitative estimate of drug-likeness (QED) is 0.381. The Morgan fingerprint density at radius 2 is 2.03 bits per heavy atom. The summed E-state index contributed by atoms with van der Waals surface area (Å²) < 4.78 is 5.60. The fourth-order valence-electron chi connectivity index (χ4n) is 4.08. The second-order valence-corrected chi connectivity index (χ2v) is 7.99. The number of rotatable bonds is 8. The molecule has 1 fully saturated rings. The Labute approximate surface area is 170 Å². The molecule has 9 heteroatoms. The van der Waals surface area contributed by atoms with Gasteiger partial charge in [0.15, 0.2) is 5.78 Å². The van der Waals surface area contributed by atoms with E-state index in [1.165, 1.54) is 6.92 Å². The van der Waals surface area contributed by atoms with Gasteiger partial charge in [0.2, 0.25) is 0 Å². The van der Waals surface area contributed by atoms with Gasteiger partial charge in [-0.2, -0.15) is 0 Å². The maximum Gasteiger partial charge on any atom is 0.526 e. The van der Waals surface area contributed by atoms with Crippen molar-refractivity contribution in [2.75, 3.05) is 13.1 Å². The highest BCUT2D eigenvalue weighted by Gasteiger charge is 2.38. The second-order valence-electron chi connectivity index (χ2n) is 7.99. The van der Waals surface area contributed by atoms with Gasteiger partial charge in [-0.25, -0.2) is 4.79 Å². The summed E-state index contributed by atoms with van der Waals surface area (Å²) in [5.41, 5.74) is 6.64. The molecule has 2 amide bonds. The number of nitrogens with one attached hydrogen (secondary N) is 2. The van der Waals surface area contributed by atoms with Crippen molar-refractivity contribution in [3.05, 3.63) is 29.3 Å². The third-order valence-electron chi connectivity index (χ3n) is 5.61. The van der Waals surface area contributed by atoms with Crippen molar-refractivity contribution in [3.8, 4) is 5.75 Å². The molecule has 1 aromatic rings. The Bertz CT molecular complexity index is 781. The lowest BCUT2D eigenvalue weighted by atomic mass is 9.63. The molecule has 29 heavy (non-hydrogen) atoms. The maximum absolute atomic E-state index is 12.5. The molecule has 1 heterocycles. The summed E-state index contributed by atoms with van der Waals surface area (Å²) >= 11 is 0. The molecular weight excluding hydrogens is 373 g/mol. The number of carbonyl (C=O) groups is 3. The van der Waals surface area contributed by atoms with Gasteiger partial charge in [-0.05, 0) is 43.7 Å². The molecule has 1 aliphatic heterocycles. The third kappa shape index (κ3) is 5.36. The molecule has 8 nitrogen and oxygen atoms in total. The number of hydrogen-bond donors (Lipinski definition) is 4. The molecule has 0 bridgehead atoms. The zero-order valence-corrected chi connectivity index (χ0v) is 16.6. The molecule has 156 valence electrons. The molecule has 5 N–H and O–H groups in total. The SMILES string of the molecule is CC(=O)c1cccc2c1OB(O)[C@@H](CC(=O)CC1CC(NC(=O)NCCN)C1)C2. The molecule has 1 atom stereocenters. The summed E-state index contributed by atoms with van der Waals surface area (Å²) in [6.45, 7) is 2.29. The minimum atomic E-state index is -1.10. The Kier molecular flexibility index (Phi) is 6.92. The number of hydrogen-bond acceptors (Lipinski definition) is 6. The smallest absolute Gasteiger partial charge is 0.526 e. The van der Waals surface area contributed by atoms with Crippen LogP contribution in [0, 0.1) is 5.92 Å². The van der Waals surface area contributed by atoms with Crippen molar-refractivity contribution >= 4 is 24.7 Å². The van der Waals surface area contributed by atoms with Crippen LogP contribution >= 0.6 is 0 Å². The van der Waals surface area contributed by atoms with Gasteiger partial charge in [0, 0.05) is 37.8 Å².